The highest BCUT2D eigenvalue weighted by Crippen LogP contribution is 2.30. The largest absolute Gasteiger partial charge is 0.478 e. The van der Waals surface area contributed by atoms with Crippen LogP contribution in [0.3, 0.4) is 0 Å². The van der Waals surface area contributed by atoms with Crippen LogP contribution in [0.4, 0.5) is 0 Å². The van der Waals surface area contributed by atoms with Gasteiger partial charge in [-0.2, -0.15) is 0 Å². The second-order valence-electron chi connectivity index (χ2n) is 5.59. The van der Waals surface area contributed by atoms with Crippen LogP contribution in [0, 0.1) is 0 Å². The van der Waals surface area contributed by atoms with Gasteiger partial charge in [-0.1, -0.05) is 18.2 Å². The second-order valence-corrected chi connectivity index (χ2v) is 5.59. The molecule has 1 aliphatic heterocycles. The van der Waals surface area contributed by atoms with E-state index < -0.39 is 12.1 Å². The summed E-state index contributed by atoms with van der Waals surface area (Å²) >= 11 is 0. The van der Waals surface area contributed by atoms with Crippen LogP contribution in [0.15, 0.2) is 24.3 Å². The smallest absolute Gasteiger partial charge is 0.335 e. The summed E-state index contributed by atoms with van der Waals surface area (Å²) < 4.78 is 5.35. The van der Waals surface area contributed by atoms with E-state index in [1.165, 1.54) is 0 Å². The lowest BCUT2D eigenvalue weighted by Crippen LogP contribution is -2.43. The number of nitrogens with zero attached hydrogens (tertiary/aromatic N) is 1. The fourth-order valence-corrected chi connectivity index (χ4v) is 3.04. The van der Waals surface area contributed by atoms with Crippen molar-refractivity contribution in [3.05, 3.63) is 35.4 Å². The number of carboxylic acids is 1. The minimum Gasteiger partial charge on any atom is -0.478 e. The Labute approximate surface area is 130 Å². The van der Waals surface area contributed by atoms with Gasteiger partial charge in [0.1, 0.15) is 6.10 Å². The average Bonchev–Trinajstić information content (AvgIpc) is 2.54. The Balaban J connectivity index is 2.01. The van der Waals surface area contributed by atoms with Gasteiger partial charge in [0.05, 0.1) is 5.56 Å². The molecule has 1 aromatic rings. The first-order valence-electron chi connectivity index (χ1n) is 7.77. The maximum absolute atomic E-state index is 12.2. The predicted molar refractivity (Wildman–Crippen MR) is 83.0 cm³/mol. The topological polar surface area (TPSA) is 66.8 Å². The Morgan fingerprint density at radius 2 is 1.95 bits per heavy atom. The number of hydrogen-bond acceptors (Lipinski definition) is 3. The average molecular weight is 305 g/mol. The van der Waals surface area contributed by atoms with Gasteiger partial charge in [-0.3, -0.25) is 4.79 Å². The van der Waals surface area contributed by atoms with Crippen molar-refractivity contribution in [1.29, 1.82) is 0 Å². The first kappa shape index (κ1) is 16.5. The zero-order valence-electron chi connectivity index (χ0n) is 13.1. The van der Waals surface area contributed by atoms with Crippen LogP contribution in [-0.2, 0) is 9.53 Å². The Hall–Kier alpha value is -1.88. The molecule has 0 saturated carbocycles. The van der Waals surface area contributed by atoms with Crippen molar-refractivity contribution in [1.82, 2.24) is 4.90 Å². The Bertz CT molecular complexity index is 535. The van der Waals surface area contributed by atoms with Crippen molar-refractivity contribution in [3.63, 3.8) is 0 Å². The molecule has 1 amide bonds. The molecule has 1 N–H and O–H groups in total. The number of aromatic carboxylic acids is 1. The van der Waals surface area contributed by atoms with Crippen molar-refractivity contribution in [2.24, 2.45) is 0 Å². The lowest BCUT2D eigenvalue weighted by molar-refractivity contribution is -0.143. The molecule has 1 aromatic carbocycles. The number of likely N-dealkylation sites (tertiary alicyclic amines) is 1. The van der Waals surface area contributed by atoms with Crippen LogP contribution in [0.1, 0.15) is 48.5 Å². The molecule has 0 aliphatic carbocycles. The first-order valence-corrected chi connectivity index (χ1v) is 7.77. The van der Waals surface area contributed by atoms with E-state index in [9.17, 15) is 14.7 Å². The number of carbonyl (C=O) groups is 2. The SMILES string of the molecule is CCOC(C)C(=O)N1CCC(c2ccccc2C(=O)O)CC1. The standard InChI is InChI=1S/C17H23NO4/c1-3-22-12(2)16(19)18-10-8-13(9-11-18)14-6-4-5-7-15(14)17(20)21/h4-7,12-13H,3,8-11H2,1-2H3,(H,20,21). The third-order valence-corrected chi connectivity index (χ3v) is 4.20. The normalized spacial score (nSPS) is 17.3. The van der Waals surface area contributed by atoms with Gasteiger partial charge in [0.25, 0.3) is 5.91 Å². The molecule has 1 heterocycles. The fraction of sp³-hybridized carbons (Fsp3) is 0.529. The van der Waals surface area contributed by atoms with Crippen LogP contribution in [0.25, 0.3) is 0 Å². The van der Waals surface area contributed by atoms with Crippen LogP contribution in [0.5, 0.6) is 0 Å². The first-order chi connectivity index (χ1) is 10.5. The van der Waals surface area contributed by atoms with Crippen molar-refractivity contribution in [3.8, 4) is 0 Å². The number of ether oxygens (including phenoxy) is 1. The number of hydrogen-bond donors (Lipinski definition) is 1. The van der Waals surface area contributed by atoms with E-state index in [4.69, 9.17) is 4.74 Å². The quantitative estimate of drug-likeness (QED) is 0.907. The van der Waals surface area contributed by atoms with E-state index in [1.807, 2.05) is 24.0 Å². The predicted octanol–water partition coefficient (Wildman–Crippen LogP) is 2.52. The van der Waals surface area contributed by atoms with Crippen molar-refractivity contribution in [2.45, 2.75) is 38.7 Å². The van der Waals surface area contributed by atoms with E-state index in [0.717, 1.165) is 18.4 Å². The number of carbonyl (C=O) groups excluding carboxylic acids is 1. The van der Waals surface area contributed by atoms with E-state index in [2.05, 4.69) is 0 Å². The molecule has 5 heteroatoms. The summed E-state index contributed by atoms with van der Waals surface area (Å²) in [6, 6.07) is 7.15. The minimum absolute atomic E-state index is 0.0202. The van der Waals surface area contributed by atoms with Gasteiger partial charge in [-0.15, -0.1) is 0 Å². The summed E-state index contributed by atoms with van der Waals surface area (Å²) in [5.74, 6) is -0.676. The summed E-state index contributed by atoms with van der Waals surface area (Å²) in [4.78, 5) is 25.3. The van der Waals surface area contributed by atoms with Crippen LogP contribution < -0.4 is 0 Å². The molecule has 1 saturated heterocycles. The molecular formula is C17H23NO4. The lowest BCUT2D eigenvalue weighted by Gasteiger charge is -2.34. The molecule has 2 rings (SSSR count). The lowest BCUT2D eigenvalue weighted by atomic mass is 9.86. The number of amides is 1. The minimum atomic E-state index is -0.890. The molecule has 1 aliphatic rings. The summed E-state index contributed by atoms with van der Waals surface area (Å²) in [6.07, 6.45) is 1.16. The second kappa shape index (κ2) is 7.40. The third-order valence-electron chi connectivity index (χ3n) is 4.20. The van der Waals surface area contributed by atoms with Gasteiger partial charge in [0.2, 0.25) is 0 Å². The molecule has 120 valence electrons. The number of piperidine rings is 1. The highest BCUT2D eigenvalue weighted by atomic mass is 16.5. The summed E-state index contributed by atoms with van der Waals surface area (Å²) in [6.45, 7) is 5.47. The van der Waals surface area contributed by atoms with E-state index in [1.54, 1.807) is 19.1 Å². The van der Waals surface area contributed by atoms with Gasteiger partial charge in [0, 0.05) is 19.7 Å². The van der Waals surface area contributed by atoms with Gasteiger partial charge in [-0.25, -0.2) is 4.79 Å². The summed E-state index contributed by atoms with van der Waals surface area (Å²) in [7, 11) is 0. The molecule has 1 atom stereocenters. The summed E-state index contributed by atoms with van der Waals surface area (Å²) in [5, 5.41) is 9.29. The van der Waals surface area contributed by atoms with Crippen molar-refractivity contribution in [2.75, 3.05) is 19.7 Å². The Morgan fingerprint density at radius 1 is 1.32 bits per heavy atom. The molecule has 0 bridgehead atoms. The fourth-order valence-electron chi connectivity index (χ4n) is 3.04. The Morgan fingerprint density at radius 3 is 2.55 bits per heavy atom. The van der Waals surface area contributed by atoms with Crippen molar-refractivity contribution < 1.29 is 19.4 Å². The molecule has 5 nitrogen and oxygen atoms in total. The van der Waals surface area contributed by atoms with Crippen LogP contribution >= 0.6 is 0 Å². The molecular weight excluding hydrogens is 282 g/mol. The monoisotopic (exact) mass is 305 g/mol. The maximum Gasteiger partial charge on any atom is 0.335 e. The van der Waals surface area contributed by atoms with Gasteiger partial charge in [-0.05, 0) is 44.2 Å². The number of benzene rings is 1. The molecule has 22 heavy (non-hydrogen) atoms. The molecule has 0 spiro atoms. The molecule has 1 fully saturated rings. The highest BCUT2D eigenvalue weighted by Gasteiger charge is 2.28. The maximum atomic E-state index is 12.2. The number of rotatable bonds is 5. The van der Waals surface area contributed by atoms with Crippen molar-refractivity contribution >= 4 is 11.9 Å². The van der Waals surface area contributed by atoms with E-state index in [-0.39, 0.29) is 11.8 Å². The molecule has 0 radical (unpaired) electrons. The third kappa shape index (κ3) is 3.65. The van der Waals surface area contributed by atoms with Gasteiger partial charge in [0.15, 0.2) is 0 Å². The van der Waals surface area contributed by atoms with Gasteiger partial charge >= 0.3 is 5.97 Å². The zero-order valence-corrected chi connectivity index (χ0v) is 13.1. The summed E-state index contributed by atoms with van der Waals surface area (Å²) in [5.41, 5.74) is 1.25. The van der Waals surface area contributed by atoms with E-state index in [0.29, 0.717) is 25.3 Å². The van der Waals surface area contributed by atoms with Crippen LogP contribution in [-0.4, -0.2) is 47.7 Å². The zero-order chi connectivity index (χ0) is 16.1. The molecule has 0 aromatic heterocycles. The van der Waals surface area contributed by atoms with Crippen LogP contribution in [0.2, 0.25) is 0 Å². The number of carboxylic acid groups (broad SMARTS) is 1. The van der Waals surface area contributed by atoms with E-state index >= 15 is 0 Å². The Kier molecular flexibility index (Phi) is 5.55. The van der Waals surface area contributed by atoms with Gasteiger partial charge < -0.3 is 14.7 Å². The molecule has 1 unspecified atom stereocenters. The highest BCUT2D eigenvalue weighted by molar-refractivity contribution is 5.89.